The first-order valence-corrected chi connectivity index (χ1v) is 8.09. The highest BCUT2D eigenvalue weighted by molar-refractivity contribution is 7.21. The molecule has 0 spiro atoms. The number of hydrogen-bond acceptors (Lipinski definition) is 5. The van der Waals surface area contributed by atoms with E-state index in [1.165, 1.54) is 11.3 Å². The molecule has 0 N–H and O–H groups in total. The molecule has 3 rings (SSSR count). The maximum atomic E-state index is 12.1. The second-order valence-corrected chi connectivity index (χ2v) is 6.26. The van der Waals surface area contributed by atoms with Crippen LogP contribution < -0.4 is 0 Å². The van der Waals surface area contributed by atoms with Crippen LogP contribution in [-0.4, -0.2) is 50.3 Å². The van der Waals surface area contributed by atoms with E-state index in [1.807, 2.05) is 24.3 Å². The highest BCUT2D eigenvalue weighted by Crippen LogP contribution is 2.35. The third-order valence-electron chi connectivity index (χ3n) is 3.46. The van der Waals surface area contributed by atoms with Crippen LogP contribution in [0.15, 0.2) is 24.3 Å². The molecule has 1 fully saturated rings. The number of carbonyl (C=O) groups excluding carboxylic acids is 1. The van der Waals surface area contributed by atoms with Crippen LogP contribution in [0.1, 0.15) is 9.67 Å². The molecule has 0 atom stereocenters. The maximum absolute atomic E-state index is 12.1. The molecule has 0 radical (unpaired) electrons. The molecular weight excluding hydrogens is 310 g/mol. The molecule has 1 aliphatic rings. The van der Waals surface area contributed by atoms with Crippen LogP contribution in [0, 0.1) is 0 Å². The predicted octanol–water partition coefficient (Wildman–Crippen LogP) is 3.04. The highest BCUT2D eigenvalue weighted by atomic mass is 35.5. The van der Waals surface area contributed by atoms with Gasteiger partial charge in [0.2, 0.25) is 0 Å². The summed E-state index contributed by atoms with van der Waals surface area (Å²) in [5.41, 5.74) is 0. The second-order valence-electron chi connectivity index (χ2n) is 4.83. The minimum Gasteiger partial charge on any atom is -0.460 e. The smallest absolute Gasteiger partial charge is 0.349 e. The quantitative estimate of drug-likeness (QED) is 0.810. The summed E-state index contributed by atoms with van der Waals surface area (Å²) in [7, 11) is 0. The molecule has 112 valence electrons. The van der Waals surface area contributed by atoms with Gasteiger partial charge in [-0.3, -0.25) is 4.90 Å². The van der Waals surface area contributed by atoms with Crippen molar-refractivity contribution in [1.82, 2.24) is 4.90 Å². The summed E-state index contributed by atoms with van der Waals surface area (Å²) < 4.78 is 11.6. The summed E-state index contributed by atoms with van der Waals surface area (Å²) in [5.74, 6) is -0.338. The first-order valence-electron chi connectivity index (χ1n) is 6.90. The van der Waals surface area contributed by atoms with Crippen LogP contribution in [0.5, 0.6) is 0 Å². The highest BCUT2D eigenvalue weighted by Gasteiger charge is 2.18. The van der Waals surface area contributed by atoms with Crippen LogP contribution in [0.4, 0.5) is 0 Å². The lowest BCUT2D eigenvalue weighted by atomic mass is 10.2. The van der Waals surface area contributed by atoms with Crippen molar-refractivity contribution in [3.05, 3.63) is 34.2 Å². The van der Waals surface area contributed by atoms with E-state index in [0.29, 0.717) is 16.5 Å². The van der Waals surface area contributed by atoms with Crippen molar-refractivity contribution in [2.24, 2.45) is 0 Å². The summed E-state index contributed by atoms with van der Waals surface area (Å²) in [6.07, 6.45) is 0. The van der Waals surface area contributed by atoms with E-state index < -0.39 is 0 Å². The van der Waals surface area contributed by atoms with Crippen molar-refractivity contribution in [3.8, 4) is 0 Å². The van der Waals surface area contributed by atoms with Crippen molar-refractivity contribution >= 4 is 39.0 Å². The number of fused-ring (bicyclic) bond motifs is 1. The number of ether oxygens (including phenoxy) is 2. The summed E-state index contributed by atoms with van der Waals surface area (Å²) >= 11 is 7.64. The van der Waals surface area contributed by atoms with Gasteiger partial charge in [0, 0.05) is 29.7 Å². The van der Waals surface area contributed by atoms with E-state index in [4.69, 9.17) is 21.1 Å². The molecule has 6 heteroatoms. The van der Waals surface area contributed by atoms with Crippen LogP contribution in [0.3, 0.4) is 0 Å². The average molecular weight is 326 g/mol. The number of benzene rings is 1. The molecule has 2 heterocycles. The molecule has 0 aliphatic carbocycles. The molecular formula is C15H16ClNO3S. The molecule has 1 aliphatic heterocycles. The number of morpholine rings is 1. The number of carbonyl (C=O) groups is 1. The number of rotatable bonds is 4. The first-order chi connectivity index (χ1) is 10.3. The SMILES string of the molecule is O=C(OCCN1CCOCC1)c1sc2ccccc2c1Cl. The lowest BCUT2D eigenvalue weighted by molar-refractivity contribution is 0.0198. The largest absolute Gasteiger partial charge is 0.460 e. The van der Waals surface area contributed by atoms with Gasteiger partial charge in [-0.05, 0) is 6.07 Å². The summed E-state index contributed by atoms with van der Waals surface area (Å²) in [4.78, 5) is 14.8. The first kappa shape index (κ1) is 14.8. The van der Waals surface area contributed by atoms with Gasteiger partial charge in [0.1, 0.15) is 11.5 Å². The van der Waals surface area contributed by atoms with E-state index in [0.717, 1.165) is 42.9 Å². The molecule has 1 aromatic heterocycles. The molecule has 0 unspecified atom stereocenters. The number of thiophene rings is 1. The Morgan fingerprint density at radius 1 is 1.33 bits per heavy atom. The van der Waals surface area contributed by atoms with Gasteiger partial charge in [-0.2, -0.15) is 0 Å². The van der Waals surface area contributed by atoms with E-state index >= 15 is 0 Å². The van der Waals surface area contributed by atoms with E-state index in [2.05, 4.69) is 4.90 Å². The molecule has 0 saturated carbocycles. The monoisotopic (exact) mass is 325 g/mol. The zero-order valence-corrected chi connectivity index (χ0v) is 13.1. The predicted molar refractivity (Wildman–Crippen MR) is 84.4 cm³/mol. The lowest BCUT2D eigenvalue weighted by Crippen LogP contribution is -2.38. The summed E-state index contributed by atoms with van der Waals surface area (Å²) in [6.45, 7) is 4.38. The van der Waals surface area contributed by atoms with Crippen LogP contribution in [0.25, 0.3) is 10.1 Å². The van der Waals surface area contributed by atoms with Crippen LogP contribution in [-0.2, 0) is 9.47 Å². The molecule has 4 nitrogen and oxygen atoms in total. The Bertz CT molecular complexity index is 637. The summed E-state index contributed by atoms with van der Waals surface area (Å²) in [6, 6.07) is 7.71. The third-order valence-corrected chi connectivity index (χ3v) is 5.12. The Kier molecular flexibility index (Phi) is 4.75. The van der Waals surface area contributed by atoms with Gasteiger partial charge in [0.05, 0.1) is 18.2 Å². The topological polar surface area (TPSA) is 38.8 Å². The fourth-order valence-electron chi connectivity index (χ4n) is 2.30. The fraction of sp³-hybridized carbons (Fsp3) is 0.400. The summed E-state index contributed by atoms with van der Waals surface area (Å²) in [5, 5.41) is 1.40. The van der Waals surface area contributed by atoms with Crippen molar-refractivity contribution in [1.29, 1.82) is 0 Å². The average Bonchev–Trinajstić information content (AvgIpc) is 2.86. The Balaban J connectivity index is 1.60. The molecule has 21 heavy (non-hydrogen) atoms. The van der Waals surface area contributed by atoms with E-state index in [9.17, 15) is 4.79 Å². The van der Waals surface area contributed by atoms with E-state index in [1.54, 1.807) is 0 Å². The van der Waals surface area contributed by atoms with Crippen molar-refractivity contribution in [3.63, 3.8) is 0 Å². The third kappa shape index (κ3) is 3.37. The van der Waals surface area contributed by atoms with Gasteiger partial charge in [-0.1, -0.05) is 29.8 Å². The lowest BCUT2D eigenvalue weighted by Gasteiger charge is -2.26. The fourth-order valence-corrected chi connectivity index (χ4v) is 3.71. The zero-order chi connectivity index (χ0) is 14.7. The minimum absolute atomic E-state index is 0.338. The normalized spacial score (nSPS) is 16.2. The van der Waals surface area contributed by atoms with Gasteiger partial charge in [-0.25, -0.2) is 4.79 Å². The molecule has 0 amide bonds. The zero-order valence-electron chi connectivity index (χ0n) is 11.5. The van der Waals surface area contributed by atoms with E-state index in [-0.39, 0.29) is 5.97 Å². The number of hydrogen-bond donors (Lipinski definition) is 0. The Morgan fingerprint density at radius 3 is 2.86 bits per heavy atom. The minimum atomic E-state index is -0.338. The number of halogens is 1. The van der Waals surface area contributed by atoms with Crippen molar-refractivity contribution in [2.75, 3.05) is 39.5 Å². The van der Waals surface area contributed by atoms with Crippen LogP contribution in [0.2, 0.25) is 5.02 Å². The van der Waals surface area contributed by atoms with Gasteiger partial charge < -0.3 is 9.47 Å². The van der Waals surface area contributed by atoms with Gasteiger partial charge in [0.15, 0.2) is 0 Å². The Hall–Kier alpha value is -1.14. The second kappa shape index (κ2) is 6.75. The van der Waals surface area contributed by atoms with Crippen LogP contribution >= 0.6 is 22.9 Å². The Labute approximate surface area is 132 Å². The van der Waals surface area contributed by atoms with Crippen molar-refractivity contribution < 1.29 is 14.3 Å². The Morgan fingerprint density at radius 2 is 2.10 bits per heavy atom. The molecule has 1 saturated heterocycles. The van der Waals surface area contributed by atoms with Gasteiger partial charge in [-0.15, -0.1) is 11.3 Å². The molecule has 0 bridgehead atoms. The molecule has 2 aromatic rings. The van der Waals surface area contributed by atoms with Gasteiger partial charge in [0.25, 0.3) is 0 Å². The number of esters is 1. The van der Waals surface area contributed by atoms with Crippen molar-refractivity contribution in [2.45, 2.75) is 0 Å². The molecule has 1 aromatic carbocycles. The number of nitrogens with zero attached hydrogens (tertiary/aromatic N) is 1. The standard InChI is InChI=1S/C15H16ClNO3S/c16-13-11-3-1-2-4-12(11)21-14(13)15(18)20-10-7-17-5-8-19-9-6-17/h1-4H,5-10H2. The van der Waals surface area contributed by atoms with Gasteiger partial charge >= 0.3 is 5.97 Å². The maximum Gasteiger partial charge on any atom is 0.349 e.